The van der Waals surface area contributed by atoms with Crippen LogP contribution >= 0.6 is 0 Å². The average molecular weight is 333 g/mol. The molecule has 2 aromatic rings. The van der Waals surface area contributed by atoms with Gasteiger partial charge in [-0.25, -0.2) is 18.1 Å². The summed E-state index contributed by atoms with van der Waals surface area (Å²) in [7, 11) is -3.26. The van der Waals surface area contributed by atoms with Gasteiger partial charge >= 0.3 is 0 Å². The Bertz CT molecular complexity index is 715. The van der Waals surface area contributed by atoms with Gasteiger partial charge in [0.15, 0.2) is 0 Å². The van der Waals surface area contributed by atoms with E-state index in [4.69, 9.17) is 0 Å². The third-order valence-electron chi connectivity index (χ3n) is 4.18. The number of benzene rings is 1. The van der Waals surface area contributed by atoms with Crippen molar-refractivity contribution in [1.82, 2.24) is 14.7 Å². The van der Waals surface area contributed by atoms with E-state index in [-0.39, 0.29) is 12.3 Å². The summed E-state index contributed by atoms with van der Waals surface area (Å²) in [5.74, 6) is 0.867. The first-order valence-electron chi connectivity index (χ1n) is 8.20. The SMILES string of the molecule is O=S(=O)(CCCc1ccccc1)NCc1nc2c([nH]1)CCCC2. The van der Waals surface area contributed by atoms with E-state index in [9.17, 15) is 8.42 Å². The summed E-state index contributed by atoms with van der Waals surface area (Å²) in [6.07, 6.45) is 5.76. The monoisotopic (exact) mass is 333 g/mol. The first-order valence-corrected chi connectivity index (χ1v) is 9.85. The number of imidazole rings is 1. The van der Waals surface area contributed by atoms with Gasteiger partial charge in [-0.2, -0.15) is 0 Å². The van der Waals surface area contributed by atoms with Crippen molar-refractivity contribution in [2.45, 2.75) is 45.1 Å². The van der Waals surface area contributed by atoms with Gasteiger partial charge in [0.05, 0.1) is 18.0 Å². The zero-order valence-corrected chi connectivity index (χ0v) is 14.0. The van der Waals surface area contributed by atoms with Crippen LogP contribution in [0, 0.1) is 0 Å². The molecule has 3 rings (SSSR count). The summed E-state index contributed by atoms with van der Waals surface area (Å²) in [4.78, 5) is 7.75. The molecule has 0 atom stereocenters. The first kappa shape index (κ1) is 16.2. The molecule has 5 nitrogen and oxygen atoms in total. The predicted molar refractivity (Wildman–Crippen MR) is 90.6 cm³/mol. The molecular formula is C17H23N3O2S. The number of aromatic nitrogens is 2. The number of rotatable bonds is 7. The number of aromatic amines is 1. The molecule has 0 saturated heterocycles. The molecule has 2 N–H and O–H groups in total. The van der Waals surface area contributed by atoms with Gasteiger partial charge in [-0.3, -0.25) is 0 Å². The van der Waals surface area contributed by atoms with E-state index in [0.717, 1.165) is 30.8 Å². The standard InChI is InChI=1S/C17H23N3O2S/c21-23(22,12-6-9-14-7-2-1-3-8-14)18-13-17-19-15-10-4-5-11-16(15)20-17/h1-3,7-8,18H,4-6,9-13H2,(H,19,20). The third-order valence-corrected chi connectivity index (χ3v) is 5.59. The maximum atomic E-state index is 12.1. The van der Waals surface area contributed by atoms with Gasteiger partial charge in [0.25, 0.3) is 0 Å². The highest BCUT2D eigenvalue weighted by molar-refractivity contribution is 7.89. The van der Waals surface area contributed by atoms with Crippen LogP contribution < -0.4 is 4.72 Å². The highest BCUT2D eigenvalue weighted by atomic mass is 32.2. The van der Waals surface area contributed by atoms with E-state index in [1.807, 2.05) is 30.3 Å². The smallest absolute Gasteiger partial charge is 0.212 e. The van der Waals surface area contributed by atoms with Crippen molar-refractivity contribution >= 4 is 10.0 Å². The van der Waals surface area contributed by atoms with Gasteiger partial charge in [0, 0.05) is 5.69 Å². The van der Waals surface area contributed by atoms with E-state index < -0.39 is 10.0 Å². The molecule has 6 heteroatoms. The van der Waals surface area contributed by atoms with Gasteiger partial charge < -0.3 is 4.98 Å². The lowest BCUT2D eigenvalue weighted by Crippen LogP contribution is -2.26. The quantitative estimate of drug-likeness (QED) is 0.817. The fourth-order valence-corrected chi connectivity index (χ4v) is 3.98. The molecule has 0 fully saturated rings. The summed E-state index contributed by atoms with van der Waals surface area (Å²) >= 11 is 0. The van der Waals surface area contributed by atoms with Gasteiger partial charge in [0.1, 0.15) is 5.82 Å². The second-order valence-electron chi connectivity index (χ2n) is 6.04. The van der Waals surface area contributed by atoms with Crippen LogP contribution in [0.15, 0.2) is 30.3 Å². The largest absolute Gasteiger partial charge is 0.345 e. The average Bonchev–Trinajstić information content (AvgIpc) is 2.97. The Labute approximate surface area is 137 Å². The topological polar surface area (TPSA) is 74.8 Å². The molecule has 23 heavy (non-hydrogen) atoms. The van der Waals surface area contributed by atoms with Crippen molar-refractivity contribution in [3.63, 3.8) is 0 Å². The summed E-state index contributed by atoms with van der Waals surface area (Å²) in [5, 5.41) is 0. The van der Waals surface area contributed by atoms with Crippen LogP contribution in [-0.2, 0) is 35.8 Å². The number of nitrogens with zero attached hydrogens (tertiary/aromatic N) is 1. The lowest BCUT2D eigenvalue weighted by atomic mass is 10.0. The maximum absolute atomic E-state index is 12.1. The van der Waals surface area contributed by atoms with Crippen molar-refractivity contribution < 1.29 is 8.42 Å². The molecule has 0 aliphatic heterocycles. The number of H-pyrrole nitrogens is 1. The van der Waals surface area contributed by atoms with Gasteiger partial charge in [-0.15, -0.1) is 0 Å². The predicted octanol–water partition coefficient (Wildman–Crippen LogP) is 2.34. The summed E-state index contributed by atoms with van der Waals surface area (Å²) < 4.78 is 26.8. The molecule has 0 unspecified atom stereocenters. The maximum Gasteiger partial charge on any atom is 0.212 e. The Morgan fingerprint density at radius 1 is 1.13 bits per heavy atom. The zero-order chi connectivity index (χ0) is 16.1. The Morgan fingerprint density at radius 3 is 2.70 bits per heavy atom. The van der Waals surface area contributed by atoms with E-state index in [1.54, 1.807) is 0 Å². The summed E-state index contributed by atoms with van der Waals surface area (Å²) in [6, 6.07) is 9.95. The van der Waals surface area contributed by atoms with Crippen molar-refractivity contribution in [2.24, 2.45) is 0 Å². The fourth-order valence-electron chi connectivity index (χ4n) is 2.96. The van der Waals surface area contributed by atoms with Crippen molar-refractivity contribution in [3.8, 4) is 0 Å². The second-order valence-corrected chi connectivity index (χ2v) is 7.97. The van der Waals surface area contributed by atoms with Gasteiger partial charge in [-0.1, -0.05) is 30.3 Å². The number of fused-ring (bicyclic) bond motifs is 1. The van der Waals surface area contributed by atoms with Crippen LogP contribution in [0.2, 0.25) is 0 Å². The number of hydrogen-bond acceptors (Lipinski definition) is 3. The van der Waals surface area contributed by atoms with Gasteiger partial charge in [0.2, 0.25) is 10.0 Å². The lowest BCUT2D eigenvalue weighted by molar-refractivity contribution is 0.576. The molecule has 0 bridgehead atoms. The molecule has 0 radical (unpaired) electrons. The van der Waals surface area contributed by atoms with Crippen LogP contribution in [0.1, 0.15) is 42.0 Å². The van der Waals surface area contributed by atoms with Gasteiger partial charge in [-0.05, 0) is 44.1 Å². The number of sulfonamides is 1. The van der Waals surface area contributed by atoms with E-state index in [1.165, 1.54) is 24.1 Å². The van der Waals surface area contributed by atoms with Crippen molar-refractivity contribution in [3.05, 3.63) is 53.1 Å². The van der Waals surface area contributed by atoms with Crippen molar-refractivity contribution in [2.75, 3.05) is 5.75 Å². The number of nitrogens with one attached hydrogen (secondary N) is 2. The molecule has 1 aliphatic rings. The van der Waals surface area contributed by atoms with E-state index in [2.05, 4.69) is 14.7 Å². The third kappa shape index (κ3) is 4.65. The first-order chi connectivity index (χ1) is 11.1. The normalized spacial score (nSPS) is 14.6. The van der Waals surface area contributed by atoms with E-state index in [0.29, 0.717) is 6.42 Å². The number of aryl methyl sites for hydroxylation is 3. The minimum absolute atomic E-state index is 0.141. The summed E-state index contributed by atoms with van der Waals surface area (Å²) in [6.45, 7) is 0.251. The minimum atomic E-state index is -3.26. The Balaban J connectivity index is 1.47. The Morgan fingerprint density at radius 2 is 1.91 bits per heavy atom. The van der Waals surface area contributed by atoms with Crippen LogP contribution in [0.3, 0.4) is 0 Å². The van der Waals surface area contributed by atoms with Crippen LogP contribution in [0.25, 0.3) is 0 Å². The van der Waals surface area contributed by atoms with E-state index >= 15 is 0 Å². The van der Waals surface area contributed by atoms with Crippen LogP contribution in [-0.4, -0.2) is 24.1 Å². The molecule has 0 amide bonds. The molecule has 124 valence electrons. The van der Waals surface area contributed by atoms with Crippen molar-refractivity contribution in [1.29, 1.82) is 0 Å². The molecule has 0 spiro atoms. The Kier molecular flexibility index (Phi) is 5.13. The molecule has 1 heterocycles. The van der Waals surface area contributed by atoms with Crippen LogP contribution in [0.5, 0.6) is 0 Å². The second kappa shape index (κ2) is 7.27. The molecule has 1 aromatic heterocycles. The van der Waals surface area contributed by atoms with Crippen LogP contribution in [0.4, 0.5) is 0 Å². The fraction of sp³-hybridized carbons (Fsp3) is 0.471. The molecule has 1 aromatic carbocycles. The zero-order valence-electron chi connectivity index (χ0n) is 13.2. The highest BCUT2D eigenvalue weighted by Gasteiger charge is 2.16. The molecule has 1 aliphatic carbocycles. The Hall–Kier alpha value is -1.66. The molecule has 0 saturated carbocycles. The highest BCUT2D eigenvalue weighted by Crippen LogP contribution is 2.18. The summed E-state index contributed by atoms with van der Waals surface area (Å²) in [5.41, 5.74) is 3.45. The molecular weight excluding hydrogens is 310 g/mol. The minimum Gasteiger partial charge on any atom is -0.345 e. The lowest BCUT2D eigenvalue weighted by Gasteiger charge is -2.07. The number of hydrogen-bond donors (Lipinski definition) is 2.